The Balaban J connectivity index is 0.000000292. The summed E-state index contributed by atoms with van der Waals surface area (Å²) in [6, 6.07) is 18.3. The van der Waals surface area contributed by atoms with E-state index in [0.717, 1.165) is 17.6 Å². The van der Waals surface area contributed by atoms with Crippen LogP contribution in [-0.2, 0) is 22.4 Å². The number of hydrogen-bond acceptors (Lipinski definition) is 3. The molecular weight excluding hydrogens is 608 g/mol. The number of para-hydroxylation sites is 2. The van der Waals surface area contributed by atoms with Crippen LogP contribution in [0.4, 0.5) is 33.3 Å². The summed E-state index contributed by atoms with van der Waals surface area (Å²) in [5.41, 5.74) is 0.745. The van der Waals surface area contributed by atoms with Gasteiger partial charge in [0.2, 0.25) is 5.82 Å². The third kappa shape index (κ3) is 9.30. The molecule has 210 valence electrons. The second kappa shape index (κ2) is 15.7. The molecule has 0 unspecified atom stereocenters. The SMILES string of the molecule is C(=Nc1ccccc1)c1ccc[n-]1.CC(C)(C)c1cccc(C=Nc2c(F)c(F)c(F)c(F)c2F)c1O.[Cl][Ti][Cl]. The molecular formula is C28H23Cl2F5N3OTi-. The van der Waals surface area contributed by atoms with Crippen molar-refractivity contribution in [2.24, 2.45) is 9.98 Å². The minimum atomic E-state index is -2.25. The van der Waals surface area contributed by atoms with Gasteiger partial charge in [-0.15, -0.1) is 5.69 Å². The van der Waals surface area contributed by atoms with Crippen molar-refractivity contribution in [3.63, 3.8) is 0 Å². The first kappa shape index (κ1) is 33.2. The second-order valence-electron chi connectivity index (χ2n) is 8.90. The molecule has 0 fully saturated rings. The summed E-state index contributed by atoms with van der Waals surface area (Å²) < 4.78 is 66.4. The molecule has 0 bridgehead atoms. The van der Waals surface area contributed by atoms with E-state index in [1.807, 2.05) is 63.2 Å². The van der Waals surface area contributed by atoms with Crippen molar-refractivity contribution in [3.8, 4) is 5.75 Å². The van der Waals surface area contributed by atoms with E-state index in [9.17, 15) is 27.1 Å². The van der Waals surface area contributed by atoms with Gasteiger partial charge >= 0.3 is 35.6 Å². The van der Waals surface area contributed by atoms with E-state index in [2.05, 4.69) is 15.0 Å². The predicted octanol–water partition coefficient (Wildman–Crippen LogP) is 8.91. The summed E-state index contributed by atoms with van der Waals surface area (Å²) in [7, 11) is 9.78. The topological polar surface area (TPSA) is 59.0 Å². The quantitative estimate of drug-likeness (QED) is 0.0805. The number of phenols is 1. The van der Waals surface area contributed by atoms with Gasteiger partial charge in [0.05, 0.1) is 5.69 Å². The van der Waals surface area contributed by atoms with Gasteiger partial charge in [0.15, 0.2) is 23.3 Å². The van der Waals surface area contributed by atoms with Gasteiger partial charge in [0.25, 0.3) is 0 Å². The van der Waals surface area contributed by atoms with E-state index < -0.39 is 57.2 Å². The van der Waals surface area contributed by atoms with E-state index in [4.69, 9.17) is 18.6 Å². The normalized spacial score (nSPS) is 11.2. The van der Waals surface area contributed by atoms with Crippen molar-refractivity contribution in [2.75, 3.05) is 0 Å². The Morgan fingerprint density at radius 3 is 1.85 bits per heavy atom. The van der Waals surface area contributed by atoms with Crippen molar-refractivity contribution in [2.45, 2.75) is 26.2 Å². The van der Waals surface area contributed by atoms with Crippen LogP contribution < -0.4 is 4.98 Å². The van der Waals surface area contributed by atoms with Gasteiger partial charge in [-0.2, -0.15) is 6.20 Å². The van der Waals surface area contributed by atoms with E-state index in [-0.39, 0.29) is 11.3 Å². The van der Waals surface area contributed by atoms with Crippen LogP contribution in [0.3, 0.4) is 0 Å². The number of aliphatic imine (C=N–C) groups is 2. The average molecular weight is 631 g/mol. The molecule has 0 saturated carbocycles. The summed E-state index contributed by atoms with van der Waals surface area (Å²) in [5.74, 6) is -10.6. The van der Waals surface area contributed by atoms with E-state index in [0.29, 0.717) is 5.56 Å². The number of nitrogens with zero attached hydrogens (tertiary/aromatic N) is 3. The maximum absolute atomic E-state index is 13.6. The first-order valence-electron chi connectivity index (χ1n) is 11.4. The fourth-order valence-electron chi connectivity index (χ4n) is 3.16. The number of hydrogen-bond donors (Lipinski definition) is 1. The van der Waals surface area contributed by atoms with Crippen LogP contribution in [0.5, 0.6) is 5.75 Å². The molecule has 4 rings (SSSR count). The summed E-state index contributed by atoms with van der Waals surface area (Å²) in [6.07, 6.45) is 4.37. The fraction of sp³-hybridized carbons (Fsp3) is 0.143. The Hall–Kier alpha value is -2.98. The third-order valence-electron chi connectivity index (χ3n) is 5.07. The van der Waals surface area contributed by atoms with Crippen molar-refractivity contribution in [1.82, 2.24) is 4.98 Å². The standard InChI is InChI=1S/C17H14F5NO.C11H9N2.2ClH.Ti/c1-17(2,3)9-6-4-5-8(16(9)24)7-23-15-13(21)11(19)10(18)12(20)14(15)22;1-2-5-10(6-3-1)13-9-11-7-4-8-12-11;;;/h4-7,24H,1-3H3;1-9H;2*1H;/q;-1;;;+2/p-2. The van der Waals surface area contributed by atoms with Gasteiger partial charge in [-0.25, -0.2) is 26.9 Å². The molecule has 0 atom stereocenters. The molecule has 40 heavy (non-hydrogen) atoms. The fourth-order valence-corrected chi connectivity index (χ4v) is 3.16. The Morgan fingerprint density at radius 2 is 1.32 bits per heavy atom. The molecule has 0 spiro atoms. The number of benzene rings is 3. The van der Waals surface area contributed by atoms with Crippen molar-refractivity contribution >= 4 is 42.4 Å². The molecule has 1 heterocycles. The van der Waals surface area contributed by atoms with Gasteiger partial charge in [-0.3, -0.25) is 4.99 Å². The van der Waals surface area contributed by atoms with Crippen LogP contribution in [0.1, 0.15) is 37.6 Å². The zero-order valence-corrected chi connectivity index (χ0v) is 24.5. The monoisotopic (exact) mass is 630 g/mol. The van der Waals surface area contributed by atoms with Crippen LogP contribution >= 0.6 is 18.6 Å². The minimum absolute atomic E-state index is 0.0892. The van der Waals surface area contributed by atoms with Crippen LogP contribution in [-0.4, -0.2) is 17.5 Å². The molecule has 0 amide bonds. The van der Waals surface area contributed by atoms with Gasteiger partial charge in [-0.05, 0) is 29.2 Å². The number of rotatable bonds is 4. The Bertz CT molecular complexity index is 1420. The van der Waals surface area contributed by atoms with Crippen LogP contribution in [0, 0.1) is 29.1 Å². The second-order valence-corrected chi connectivity index (χ2v) is 11.5. The third-order valence-corrected chi connectivity index (χ3v) is 5.07. The molecule has 12 heteroatoms. The van der Waals surface area contributed by atoms with Gasteiger partial charge in [0, 0.05) is 18.0 Å². The molecule has 4 nitrogen and oxygen atoms in total. The van der Waals surface area contributed by atoms with Crippen molar-refractivity contribution in [3.05, 3.63) is 113 Å². The van der Waals surface area contributed by atoms with Gasteiger partial charge < -0.3 is 10.1 Å². The first-order chi connectivity index (χ1) is 18.9. The van der Waals surface area contributed by atoms with Crippen LogP contribution in [0.2, 0.25) is 0 Å². The number of halogens is 7. The predicted molar refractivity (Wildman–Crippen MR) is 145 cm³/mol. The van der Waals surface area contributed by atoms with Crippen LogP contribution in [0.25, 0.3) is 0 Å². The number of aromatic nitrogens is 1. The molecule has 4 aromatic rings. The molecule has 0 aliphatic carbocycles. The summed E-state index contributed by atoms with van der Waals surface area (Å²) >= 11 is -0.556. The van der Waals surface area contributed by atoms with Crippen molar-refractivity contribution < 1.29 is 44.1 Å². The molecule has 3 aromatic carbocycles. The Labute approximate surface area is 245 Å². The molecule has 1 N–H and O–H groups in total. The molecule has 0 saturated heterocycles. The van der Waals surface area contributed by atoms with E-state index in [1.165, 1.54) is 6.07 Å². The van der Waals surface area contributed by atoms with Crippen LogP contribution in [0.15, 0.2) is 76.8 Å². The van der Waals surface area contributed by atoms with E-state index in [1.54, 1.807) is 24.5 Å². The van der Waals surface area contributed by atoms with E-state index >= 15 is 0 Å². The van der Waals surface area contributed by atoms with Crippen molar-refractivity contribution in [1.29, 1.82) is 0 Å². The summed E-state index contributed by atoms with van der Waals surface area (Å²) in [6.45, 7) is 5.52. The molecule has 1 aromatic heterocycles. The number of aromatic hydroxyl groups is 1. The maximum atomic E-state index is 13.6. The molecule has 0 radical (unpaired) electrons. The zero-order chi connectivity index (χ0) is 29.9. The zero-order valence-electron chi connectivity index (χ0n) is 21.4. The first-order valence-corrected chi connectivity index (χ1v) is 15.7. The average Bonchev–Trinajstić information content (AvgIpc) is 3.45. The Morgan fingerprint density at radius 1 is 0.750 bits per heavy atom. The molecule has 0 aliphatic rings. The Kier molecular flexibility index (Phi) is 13.1. The molecule has 0 aliphatic heterocycles. The van der Waals surface area contributed by atoms with Gasteiger partial charge in [-0.1, -0.05) is 63.2 Å². The van der Waals surface area contributed by atoms with Gasteiger partial charge in [0.1, 0.15) is 11.4 Å². The summed E-state index contributed by atoms with van der Waals surface area (Å²) in [4.78, 5) is 11.7. The summed E-state index contributed by atoms with van der Waals surface area (Å²) in [5, 5.41) is 10.2. The number of phenolic OH excluding ortho intramolecular Hbond substituents is 1.